The molecule has 0 aromatic heterocycles. The van der Waals surface area contributed by atoms with Crippen LogP contribution in [0, 0.1) is 17.3 Å². The fourth-order valence-electron chi connectivity index (χ4n) is 4.09. The van der Waals surface area contributed by atoms with Crippen LogP contribution in [-0.2, 0) is 10.0 Å². The second-order valence-electron chi connectivity index (χ2n) is 8.46. The Morgan fingerprint density at radius 1 is 1.08 bits per heavy atom. The summed E-state index contributed by atoms with van der Waals surface area (Å²) >= 11 is 6.55. The van der Waals surface area contributed by atoms with Crippen molar-refractivity contribution in [3.63, 3.8) is 0 Å². The molecule has 1 heterocycles. The highest BCUT2D eigenvalue weighted by molar-refractivity contribution is 9.11. The fraction of sp³-hybridized carbons (Fsp3) is 0.200. The van der Waals surface area contributed by atoms with Gasteiger partial charge in [0.15, 0.2) is 6.19 Å². The number of nitrogens with one attached hydrogen (secondary N) is 3. The Kier molecular flexibility index (Phi) is 8.49. The number of carbonyl (C=O) groups excluding carboxylic acids is 1. The van der Waals surface area contributed by atoms with Gasteiger partial charge < -0.3 is 15.5 Å². The van der Waals surface area contributed by atoms with Crippen molar-refractivity contribution in [2.45, 2.75) is 23.4 Å². The predicted molar refractivity (Wildman–Crippen MR) is 146 cm³/mol. The number of nitriles is 1. The number of anilines is 1. The van der Waals surface area contributed by atoms with Gasteiger partial charge >= 0.3 is 6.03 Å². The number of likely N-dealkylation sites (tertiary alicyclic amines) is 1. The van der Waals surface area contributed by atoms with Crippen molar-refractivity contribution in [2.24, 2.45) is 0 Å². The molecule has 1 aliphatic rings. The van der Waals surface area contributed by atoms with Gasteiger partial charge in [0.2, 0.25) is 10.0 Å². The number of benzene rings is 3. The monoisotopic (exact) mass is 649 g/mol. The smallest absolute Gasteiger partial charge is 0.319 e. The molecule has 2 atom stereocenters. The molecule has 0 aliphatic carbocycles. The summed E-state index contributed by atoms with van der Waals surface area (Å²) in [7, 11) is -3.84. The molecule has 12 heteroatoms. The Labute approximate surface area is 231 Å². The van der Waals surface area contributed by atoms with Crippen molar-refractivity contribution < 1.29 is 17.6 Å². The largest absolute Gasteiger partial charge is 0.336 e. The molecular weight excluding hydrogens is 629 g/mol. The predicted octanol–water partition coefficient (Wildman–Crippen LogP) is 5.04. The van der Waals surface area contributed by atoms with Crippen molar-refractivity contribution >= 4 is 53.6 Å². The van der Waals surface area contributed by atoms with E-state index in [0.717, 1.165) is 11.1 Å². The lowest BCUT2D eigenvalue weighted by atomic mass is 10.1. The first kappa shape index (κ1) is 27.1. The van der Waals surface area contributed by atoms with E-state index in [9.17, 15) is 22.9 Å². The molecule has 1 saturated heterocycles. The number of urea groups is 1. The number of rotatable bonds is 7. The van der Waals surface area contributed by atoms with Crippen LogP contribution in [0.3, 0.4) is 0 Å². The molecule has 0 radical (unpaired) electrons. The average molecular weight is 651 g/mol. The summed E-state index contributed by atoms with van der Waals surface area (Å²) in [5.74, 6) is -0.327. The molecule has 2 amide bonds. The molecule has 1 aliphatic heterocycles. The Hall–Kier alpha value is -2.98. The van der Waals surface area contributed by atoms with Crippen molar-refractivity contribution in [1.29, 1.82) is 5.26 Å². The Balaban J connectivity index is 1.34. The highest BCUT2D eigenvalue weighted by Gasteiger charge is 2.35. The number of amides is 2. The number of hydrogen-bond acceptors (Lipinski definition) is 5. The van der Waals surface area contributed by atoms with Crippen LogP contribution in [-0.4, -0.2) is 44.5 Å². The zero-order valence-corrected chi connectivity index (χ0v) is 23.3. The topological polar surface area (TPSA) is 114 Å². The lowest BCUT2D eigenvalue weighted by Crippen LogP contribution is -2.39. The van der Waals surface area contributed by atoms with Crippen molar-refractivity contribution in [3.05, 3.63) is 81.5 Å². The molecule has 0 saturated carbocycles. The van der Waals surface area contributed by atoms with Gasteiger partial charge in [0.1, 0.15) is 5.82 Å². The third-order valence-electron chi connectivity index (χ3n) is 5.84. The molecular formula is C25H22Br2FN5O3S. The van der Waals surface area contributed by atoms with Gasteiger partial charge in [-0.25, -0.2) is 22.3 Å². The SMILES string of the molecule is N#CN1C[C@H](NS(=O)(=O)c2cc(Br)ccc2Br)C[C@@H]1CNC(=O)Nc1cccc(-c2ccc(F)cc2)c1. The number of halogens is 3. The minimum Gasteiger partial charge on any atom is -0.336 e. The summed E-state index contributed by atoms with van der Waals surface area (Å²) in [6.07, 6.45) is 2.42. The van der Waals surface area contributed by atoms with Crippen LogP contribution >= 0.6 is 31.9 Å². The molecule has 0 spiro atoms. The molecule has 8 nitrogen and oxygen atoms in total. The van der Waals surface area contributed by atoms with Gasteiger partial charge in [-0.3, -0.25) is 0 Å². The minimum atomic E-state index is -3.84. The molecule has 192 valence electrons. The van der Waals surface area contributed by atoms with E-state index >= 15 is 0 Å². The van der Waals surface area contributed by atoms with Crippen LogP contribution in [0.2, 0.25) is 0 Å². The highest BCUT2D eigenvalue weighted by atomic mass is 79.9. The number of hydrogen-bond donors (Lipinski definition) is 3. The highest BCUT2D eigenvalue weighted by Crippen LogP contribution is 2.27. The molecule has 1 fully saturated rings. The zero-order valence-electron chi connectivity index (χ0n) is 19.3. The molecule has 4 rings (SSSR count). The van der Waals surface area contributed by atoms with Gasteiger partial charge in [0.05, 0.1) is 10.9 Å². The van der Waals surface area contributed by atoms with E-state index in [4.69, 9.17) is 0 Å². The Morgan fingerprint density at radius 2 is 1.84 bits per heavy atom. The van der Waals surface area contributed by atoms with Crippen LogP contribution in [0.5, 0.6) is 0 Å². The van der Waals surface area contributed by atoms with Crippen molar-refractivity contribution in [3.8, 4) is 17.3 Å². The van der Waals surface area contributed by atoms with Gasteiger partial charge in [0, 0.05) is 33.8 Å². The maximum atomic E-state index is 13.2. The number of nitrogens with zero attached hydrogens (tertiary/aromatic N) is 2. The van der Waals surface area contributed by atoms with E-state index in [2.05, 4.69) is 53.4 Å². The third kappa shape index (κ3) is 6.87. The first-order valence-corrected chi connectivity index (χ1v) is 14.3. The average Bonchev–Trinajstić information content (AvgIpc) is 3.25. The fourth-order valence-corrected chi connectivity index (χ4v) is 6.83. The van der Waals surface area contributed by atoms with E-state index in [1.54, 1.807) is 42.5 Å². The molecule has 3 N–H and O–H groups in total. The minimum absolute atomic E-state index is 0.0919. The lowest BCUT2D eigenvalue weighted by molar-refractivity contribution is 0.248. The van der Waals surface area contributed by atoms with E-state index in [1.807, 2.05) is 6.07 Å². The third-order valence-corrected chi connectivity index (χ3v) is 8.85. The van der Waals surface area contributed by atoms with Gasteiger partial charge in [-0.05, 0) is 75.9 Å². The molecule has 0 unspecified atom stereocenters. The van der Waals surface area contributed by atoms with Crippen molar-refractivity contribution in [1.82, 2.24) is 14.9 Å². The lowest BCUT2D eigenvalue weighted by Gasteiger charge is -2.18. The molecule has 37 heavy (non-hydrogen) atoms. The quantitative estimate of drug-likeness (QED) is 0.310. The van der Waals surface area contributed by atoms with Gasteiger partial charge in [-0.15, -0.1) is 0 Å². The summed E-state index contributed by atoms with van der Waals surface area (Å²) < 4.78 is 42.8. The van der Waals surface area contributed by atoms with Crippen LogP contribution in [0.15, 0.2) is 80.6 Å². The van der Waals surface area contributed by atoms with E-state index in [1.165, 1.54) is 23.1 Å². The number of sulfonamides is 1. The second-order valence-corrected chi connectivity index (χ2v) is 11.9. The van der Waals surface area contributed by atoms with Crippen LogP contribution in [0.4, 0.5) is 14.9 Å². The van der Waals surface area contributed by atoms with Crippen LogP contribution < -0.4 is 15.4 Å². The van der Waals surface area contributed by atoms with Gasteiger partial charge in [0.25, 0.3) is 0 Å². The van der Waals surface area contributed by atoms with Crippen LogP contribution in [0.1, 0.15) is 6.42 Å². The molecule has 3 aromatic carbocycles. The van der Waals surface area contributed by atoms with Crippen molar-refractivity contribution in [2.75, 3.05) is 18.4 Å². The van der Waals surface area contributed by atoms with Gasteiger partial charge in [-0.1, -0.05) is 40.2 Å². The maximum absolute atomic E-state index is 13.2. The van der Waals surface area contributed by atoms with Gasteiger partial charge in [-0.2, -0.15) is 5.26 Å². The standard InChI is InChI=1S/C25H22Br2FN5O3S/c26-18-6-9-23(27)24(11-18)37(35,36)32-21-12-22(33(14-21)15-29)13-30-25(34)31-20-3-1-2-17(10-20)16-4-7-19(28)8-5-16/h1-11,21-22,32H,12-14H2,(H2,30,31,34)/t21-,22-/m1/s1. The number of carbonyl (C=O) groups is 1. The first-order valence-electron chi connectivity index (χ1n) is 11.2. The second kappa shape index (κ2) is 11.6. The summed E-state index contributed by atoms with van der Waals surface area (Å²) in [5.41, 5.74) is 2.18. The Morgan fingerprint density at radius 3 is 2.57 bits per heavy atom. The Bertz CT molecular complexity index is 1450. The maximum Gasteiger partial charge on any atom is 0.319 e. The summed E-state index contributed by atoms with van der Waals surface area (Å²) in [6.45, 7) is 0.338. The summed E-state index contributed by atoms with van der Waals surface area (Å²) in [6, 6.07) is 16.7. The summed E-state index contributed by atoms with van der Waals surface area (Å²) in [4.78, 5) is 14.1. The van der Waals surface area contributed by atoms with Crippen LogP contribution in [0.25, 0.3) is 11.1 Å². The normalized spacial score (nSPS) is 17.3. The summed E-state index contributed by atoms with van der Waals surface area (Å²) in [5, 5.41) is 15.0. The van der Waals surface area contributed by atoms with E-state index in [0.29, 0.717) is 21.1 Å². The molecule has 3 aromatic rings. The first-order chi connectivity index (χ1) is 17.6. The molecule has 0 bridgehead atoms. The van der Waals surface area contributed by atoms with E-state index < -0.39 is 22.1 Å². The zero-order chi connectivity index (χ0) is 26.6. The van der Waals surface area contributed by atoms with E-state index in [-0.39, 0.29) is 29.8 Å².